The first-order valence-corrected chi connectivity index (χ1v) is 13.9. The number of alkyl halides is 7. The smallest absolute Gasteiger partial charge is 0.379 e. The first-order chi connectivity index (χ1) is 21.0. The third-order valence-electron chi connectivity index (χ3n) is 3.77. The van der Waals surface area contributed by atoms with Crippen LogP contribution >= 0.6 is 0 Å². The van der Waals surface area contributed by atoms with Gasteiger partial charge in [-0.2, -0.15) is 18.7 Å². The van der Waals surface area contributed by atoms with Crippen LogP contribution in [0.4, 0.5) is 44.3 Å². The van der Waals surface area contributed by atoms with E-state index in [0.29, 0.717) is 26.4 Å². The molecule has 54 heavy (non-hydrogen) atoms. The average molecular weight is 845 g/mol. The summed E-state index contributed by atoms with van der Waals surface area (Å²) >= 11 is 0. The maximum Gasteiger partial charge on any atom is 0.413 e. The van der Waals surface area contributed by atoms with Gasteiger partial charge in [-0.25, -0.2) is 22.0 Å². The Labute approximate surface area is 329 Å². The van der Waals surface area contributed by atoms with Gasteiger partial charge in [0.25, 0.3) is 0 Å². The van der Waals surface area contributed by atoms with Gasteiger partial charge < -0.3 is 23.7 Å². The summed E-state index contributed by atoms with van der Waals surface area (Å²) in [5.74, 6) is 0. The van der Waals surface area contributed by atoms with Crippen molar-refractivity contribution < 1.29 is 82.8 Å². The van der Waals surface area contributed by atoms with Gasteiger partial charge in [0, 0.05) is 26.4 Å². The summed E-state index contributed by atoms with van der Waals surface area (Å²) in [6.45, 7) is 10.9. The second-order valence-corrected chi connectivity index (χ2v) is 7.66. The quantitative estimate of drug-likeness (QED) is 0.0788. The largest absolute Gasteiger partial charge is 0.413 e. The molecule has 18 heteroatoms. The van der Waals surface area contributed by atoms with Crippen LogP contribution in [0.3, 0.4) is 0 Å². The Kier molecular flexibility index (Phi) is 202. The molecule has 0 aliphatic rings. The summed E-state index contributed by atoms with van der Waals surface area (Å²) in [6, 6.07) is 0. The van der Waals surface area contributed by atoms with Gasteiger partial charge in [-0.05, 0) is 53.1 Å². The van der Waals surface area contributed by atoms with Crippen LogP contribution in [0.2, 0.25) is 0 Å². The van der Waals surface area contributed by atoms with Gasteiger partial charge in [0.1, 0.15) is 6.67 Å². The summed E-state index contributed by atoms with van der Waals surface area (Å²) < 4.78 is 131. The van der Waals surface area contributed by atoms with E-state index in [1.54, 1.807) is 0 Å². The van der Waals surface area contributed by atoms with Gasteiger partial charge in [-0.15, -0.1) is 4.94 Å². The molecule has 0 aliphatic heterocycles. The van der Waals surface area contributed by atoms with Crippen molar-refractivity contribution in [3.63, 3.8) is 0 Å². The molecular weight excluding hydrogens is 750 g/mol. The normalized spacial score (nSPS) is 9.33. The Bertz CT molecular complexity index is 427. The van der Waals surface area contributed by atoms with E-state index < -0.39 is 33.4 Å². The van der Waals surface area contributed by atoms with Crippen LogP contribution in [0.15, 0.2) is 0 Å². The molecule has 0 rings (SSSR count). The standard InChI is InChI=1S/C13H28O3.C5H11FO.C4H9FO.C2H2F4O.2CH2F2O.10CH4/c1-5-8-9-14-10-12(4)16-11-13(6-2)15-7-3;1-2-4-7-5-3-6;1-2-3-6-4-5;3-1-2(4,5)7-6;2*2-1-4-3;;;;;;;;;;/h12-13H,5-11H2,1-4H3;2-5H2,1H3;2-4H2,1H3;1H2;2*1H2;10*1H4. The second kappa shape index (κ2) is 104. The molecule has 0 saturated carbocycles. The van der Waals surface area contributed by atoms with Crippen LogP contribution in [-0.4, -0.2) is 98.5 Å². The summed E-state index contributed by atoms with van der Waals surface area (Å²) in [7, 11) is 0. The maximum atomic E-state index is 11.2. The second-order valence-electron chi connectivity index (χ2n) is 7.66. The molecule has 0 radical (unpaired) electrons. The first kappa shape index (κ1) is 105. The van der Waals surface area contributed by atoms with Crippen LogP contribution in [0.5, 0.6) is 0 Å². The third-order valence-corrected chi connectivity index (χ3v) is 3.77. The molecule has 0 fully saturated rings. The SMILES string of the molecule is C.C.C.C.C.C.C.C.C.C.CCCCOCC(C)OCC(CC)OCC.CCCOCCF.CCCOCF.FCC(F)(F)OF.FCOF.FCOF. The van der Waals surface area contributed by atoms with E-state index in [2.05, 4.69) is 28.5 Å². The minimum Gasteiger partial charge on any atom is -0.379 e. The fourth-order valence-electron chi connectivity index (χ4n) is 1.86. The number of halogens is 10. The Morgan fingerprint density at radius 2 is 0.944 bits per heavy atom. The van der Waals surface area contributed by atoms with Crippen LogP contribution in [0.25, 0.3) is 0 Å². The minimum absolute atomic E-state index is 0. The molecule has 0 aromatic carbocycles. The highest BCUT2D eigenvalue weighted by Crippen LogP contribution is 2.14. The lowest BCUT2D eigenvalue weighted by atomic mass is 10.3. The lowest BCUT2D eigenvalue weighted by Crippen LogP contribution is -2.25. The predicted molar refractivity (Wildman–Crippen MR) is 213 cm³/mol. The van der Waals surface area contributed by atoms with E-state index in [1.165, 1.54) is 6.42 Å². The Hall–Kier alpha value is -1.02. The summed E-state index contributed by atoms with van der Waals surface area (Å²) in [5, 5.41) is 0. The molecule has 0 aromatic rings. The van der Waals surface area contributed by atoms with Gasteiger partial charge in [-0.3, -0.25) is 0 Å². The number of unbranched alkanes of at least 4 members (excludes halogenated alkanes) is 1. The van der Waals surface area contributed by atoms with E-state index in [0.717, 1.165) is 38.9 Å². The van der Waals surface area contributed by atoms with Gasteiger partial charge in [-0.1, -0.05) is 108 Å². The van der Waals surface area contributed by atoms with Crippen molar-refractivity contribution >= 4 is 0 Å². The van der Waals surface area contributed by atoms with Gasteiger partial charge in [0.2, 0.25) is 13.7 Å². The van der Waals surface area contributed by atoms with E-state index in [9.17, 15) is 44.3 Å². The number of ether oxygens (including phenoxy) is 5. The lowest BCUT2D eigenvalue weighted by Gasteiger charge is -2.19. The van der Waals surface area contributed by atoms with E-state index >= 15 is 0 Å². The van der Waals surface area contributed by atoms with Crippen molar-refractivity contribution in [3.05, 3.63) is 0 Å². The van der Waals surface area contributed by atoms with Crippen LogP contribution in [0, 0.1) is 0 Å². The zero-order valence-corrected chi connectivity index (χ0v) is 26.7. The minimum atomic E-state index is -4.25. The van der Waals surface area contributed by atoms with Crippen molar-refractivity contribution in [2.45, 2.75) is 166 Å². The summed E-state index contributed by atoms with van der Waals surface area (Å²) in [6.07, 6.45) is 1.30. The van der Waals surface area contributed by atoms with Crippen molar-refractivity contribution in [2.75, 3.05) is 80.2 Å². The fraction of sp³-hybridized carbons (Fsp3) is 1.00. The fourth-order valence-corrected chi connectivity index (χ4v) is 1.86. The highest BCUT2D eigenvalue weighted by Gasteiger charge is 2.31. The van der Waals surface area contributed by atoms with Gasteiger partial charge in [0.05, 0.1) is 32.0 Å². The highest BCUT2D eigenvalue weighted by atomic mass is 19.4. The van der Waals surface area contributed by atoms with E-state index in [4.69, 9.17) is 18.9 Å². The van der Waals surface area contributed by atoms with Crippen molar-refractivity contribution in [2.24, 2.45) is 0 Å². The van der Waals surface area contributed by atoms with Crippen molar-refractivity contribution in [1.29, 1.82) is 0 Å². The molecule has 0 spiro atoms. The molecule has 0 aliphatic carbocycles. The maximum absolute atomic E-state index is 11.2. The number of hydrogen-bond acceptors (Lipinski definition) is 8. The highest BCUT2D eigenvalue weighted by molar-refractivity contribution is 4.56. The van der Waals surface area contributed by atoms with Crippen LogP contribution < -0.4 is 0 Å². The molecule has 0 bridgehead atoms. The topological polar surface area (TPSA) is 73.8 Å². The molecule has 0 heterocycles. The Morgan fingerprint density at radius 1 is 0.519 bits per heavy atom. The van der Waals surface area contributed by atoms with Crippen molar-refractivity contribution in [3.8, 4) is 0 Å². The monoisotopic (exact) mass is 845 g/mol. The van der Waals surface area contributed by atoms with Gasteiger partial charge >= 0.3 is 6.11 Å². The number of hydrogen-bond donors (Lipinski definition) is 0. The van der Waals surface area contributed by atoms with Gasteiger partial charge in [0.15, 0.2) is 13.5 Å². The molecule has 0 N–H and O–H groups in total. The molecular formula is C36H94F10O8. The van der Waals surface area contributed by atoms with Crippen LogP contribution in [0.1, 0.15) is 148 Å². The summed E-state index contributed by atoms with van der Waals surface area (Å²) in [4.78, 5) is 6.63. The third kappa shape index (κ3) is 142. The van der Waals surface area contributed by atoms with E-state index in [1.807, 2.05) is 32.6 Å². The number of rotatable bonds is 22. The Balaban J connectivity index is -0.0000000237. The molecule has 8 nitrogen and oxygen atoms in total. The zero-order chi connectivity index (χ0) is 35.3. The van der Waals surface area contributed by atoms with E-state index in [-0.39, 0.29) is 99.8 Å². The summed E-state index contributed by atoms with van der Waals surface area (Å²) in [5.41, 5.74) is 0. The molecule has 0 aromatic heterocycles. The zero-order valence-electron chi connectivity index (χ0n) is 26.7. The molecule has 356 valence electrons. The predicted octanol–water partition coefficient (Wildman–Crippen LogP) is 15.2. The lowest BCUT2D eigenvalue weighted by molar-refractivity contribution is -0.357. The van der Waals surface area contributed by atoms with Crippen molar-refractivity contribution in [1.82, 2.24) is 0 Å². The molecule has 0 saturated heterocycles. The average Bonchev–Trinajstić information content (AvgIpc) is 3.05. The Morgan fingerprint density at radius 3 is 1.19 bits per heavy atom. The molecule has 2 atom stereocenters. The molecule has 0 amide bonds. The van der Waals surface area contributed by atoms with Crippen LogP contribution in [-0.2, 0) is 38.5 Å². The molecule has 2 unspecified atom stereocenters. The first-order valence-electron chi connectivity index (χ1n) is 13.9.